The number of aliphatic carboxylic acids is 3. The molecule has 0 aliphatic carbocycles. The van der Waals surface area contributed by atoms with Crippen LogP contribution in [0.25, 0.3) is 0 Å². The van der Waals surface area contributed by atoms with E-state index in [0.29, 0.717) is 5.56 Å². The molecule has 0 aromatic heterocycles. The topological polar surface area (TPSA) is 506 Å². The molecular weight excluding hydrogens is 1090 g/mol. The van der Waals surface area contributed by atoms with E-state index in [9.17, 15) is 87.5 Å². The van der Waals surface area contributed by atoms with E-state index in [0.717, 1.165) is 0 Å². The Labute approximate surface area is 480 Å². The van der Waals surface area contributed by atoms with Gasteiger partial charge in [0.2, 0.25) is 65.0 Å². The van der Waals surface area contributed by atoms with E-state index < -0.39 is 206 Å². The summed E-state index contributed by atoms with van der Waals surface area (Å²) in [6.45, 7) is 11.8. The van der Waals surface area contributed by atoms with Crippen molar-refractivity contribution in [2.45, 2.75) is 180 Å². The van der Waals surface area contributed by atoms with Gasteiger partial charge in [-0.1, -0.05) is 98.6 Å². The second-order valence-electron chi connectivity index (χ2n) is 21.0. The van der Waals surface area contributed by atoms with Gasteiger partial charge in [-0.25, -0.2) is 4.79 Å². The fraction of sp³-hybridized carbons (Fsp3) is 0.623. The second kappa shape index (κ2) is 36.2. The Balaban J connectivity index is 3.62. The SMILES string of the molecule is CC[C@H](C)[C@H](NC(=O)[C@H](CC(C)C)NC(=O)[C@@H](N)CC(N)=O)C(=O)N[C@@H](CC(=O)O)C(=O)N[C@@H](CO)C(=O)N[C@@H](Cc1ccccc1)C(=O)N[C@@H](CCC(N)=O)C(=O)N[C@@H](CCC(=O)O)C(=O)N[C@H](C(=O)N[C@H](C(=O)O)C(C)C)[C@@H](C)CC. The molecule has 0 unspecified atom stereocenters. The van der Waals surface area contributed by atoms with Gasteiger partial charge in [0.25, 0.3) is 0 Å². The zero-order chi connectivity index (χ0) is 63.4. The number of primary amides is 2. The van der Waals surface area contributed by atoms with Crippen molar-refractivity contribution in [2.24, 2.45) is 40.9 Å². The van der Waals surface area contributed by atoms with Gasteiger partial charge in [0.05, 0.1) is 25.5 Å². The summed E-state index contributed by atoms with van der Waals surface area (Å²) in [5.41, 5.74) is 16.7. The van der Waals surface area contributed by atoms with Crippen molar-refractivity contribution in [3.63, 3.8) is 0 Å². The van der Waals surface area contributed by atoms with E-state index in [1.807, 2.05) is 0 Å². The van der Waals surface area contributed by atoms with Crippen LogP contribution in [0.15, 0.2) is 30.3 Å². The van der Waals surface area contributed by atoms with Gasteiger partial charge in [0, 0.05) is 19.3 Å². The number of hydrogen-bond acceptors (Lipinski definition) is 16. The summed E-state index contributed by atoms with van der Waals surface area (Å²) in [5.74, 6) is -18.0. The summed E-state index contributed by atoms with van der Waals surface area (Å²) < 4.78 is 0. The minimum atomic E-state index is -1.98. The van der Waals surface area contributed by atoms with Crippen molar-refractivity contribution in [3.8, 4) is 0 Å². The molecule has 1 aromatic carbocycles. The van der Waals surface area contributed by atoms with Crippen LogP contribution in [0.4, 0.5) is 0 Å². The van der Waals surface area contributed by atoms with Gasteiger partial charge < -0.3 is 85.5 Å². The average molecular weight is 1180 g/mol. The largest absolute Gasteiger partial charge is 0.481 e. The Bertz CT molecular complexity index is 2450. The van der Waals surface area contributed by atoms with Crippen LogP contribution in [0.5, 0.6) is 0 Å². The predicted octanol–water partition coefficient (Wildman–Crippen LogP) is -3.73. The van der Waals surface area contributed by atoms with Crippen LogP contribution in [0.3, 0.4) is 0 Å². The molecule has 19 N–H and O–H groups in total. The number of aliphatic hydroxyl groups is 1. The van der Waals surface area contributed by atoms with Crippen molar-refractivity contribution >= 4 is 82.9 Å². The van der Waals surface area contributed by atoms with Gasteiger partial charge in [0.1, 0.15) is 54.4 Å². The number of benzene rings is 1. The Hall–Kier alpha value is -8.28. The Morgan fingerprint density at radius 3 is 1.31 bits per heavy atom. The molecule has 1 rings (SSSR count). The number of aliphatic hydroxyl groups excluding tert-OH is 1. The first-order valence-corrected chi connectivity index (χ1v) is 27.1. The van der Waals surface area contributed by atoms with Gasteiger partial charge in [-0.2, -0.15) is 0 Å². The molecule has 0 fully saturated rings. The van der Waals surface area contributed by atoms with Crippen LogP contribution in [0, 0.1) is 23.7 Å². The first-order valence-electron chi connectivity index (χ1n) is 27.1. The number of nitrogens with one attached hydrogen (secondary N) is 9. The Morgan fingerprint density at radius 2 is 0.867 bits per heavy atom. The molecule has 1 aromatic rings. The standard InChI is InChI=1S/C53H84N12O18/c1-9-27(7)42(65-49(78)33(20-25(3)4)59-44(73)30(54)22-38(56)68)51(80)61-35(23-40(71)72)48(77)62-36(24-66)50(79)60-34(21-29-14-12-11-13-15-29)47(76)58-31(16-18-37(55)67)45(74)57-32(17-19-39(69)70)46(75)64-43(28(8)10-2)52(81)63-41(26(5)6)53(82)83/h11-15,25-28,30-36,41-43,66H,9-10,16-24,54H2,1-8H3,(H2,55,67)(H2,56,68)(H,57,74)(H,58,76)(H,59,73)(H,60,79)(H,61,80)(H,62,77)(H,63,81)(H,64,75)(H,65,78)(H,69,70)(H,71,72)(H,82,83)/t27-,28-,30-,31-,32-,33-,34-,35-,36-,41-,42-,43-/m0/s1. The number of hydrogen-bond donors (Lipinski definition) is 16. The lowest BCUT2D eigenvalue weighted by molar-refractivity contribution is -0.144. The van der Waals surface area contributed by atoms with Crippen molar-refractivity contribution < 1.29 is 87.5 Å². The van der Waals surface area contributed by atoms with Gasteiger partial charge in [-0.3, -0.25) is 62.3 Å². The van der Waals surface area contributed by atoms with Crippen LogP contribution in [0.2, 0.25) is 0 Å². The maximum atomic E-state index is 14.3. The number of amides is 11. The summed E-state index contributed by atoms with van der Waals surface area (Å²) in [4.78, 5) is 183. The van der Waals surface area contributed by atoms with Gasteiger partial charge in [0.15, 0.2) is 0 Å². The molecule has 12 atom stereocenters. The molecule has 83 heavy (non-hydrogen) atoms. The molecule has 30 heteroatoms. The highest BCUT2D eigenvalue weighted by Crippen LogP contribution is 2.15. The predicted molar refractivity (Wildman–Crippen MR) is 295 cm³/mol. The number of carbonyl (C=O) groups is 14. The minimum absolute atomic E-state index is 0.0303. The fourth-order valence-corrected chi connectivity index (χ4v) is 8.04. The molecule has 0 radical (unpaired) electrons. The van der Waals surface area contributed by atoms with Gasteiger partial charge in [-0.15, -0.1) is 0 Å². The van der Waals surface area contributed by atoms with E-state index in [4.69, 9.17) is 17.2 Å². The third-order valence-corrected chi connectivity index (χ3v) is 13.3. The fourth-order valence-electron chi connectivity index (χ4n) is 8.04. The number of rotatable bonds is 39. The molecule has 0 aliphatic rings. The van der Waals surface area contributed by atoms with Gasteiger partial charge >= 0.3 is 17.9 Å². The Morgan fingerprint density at radius 1 is 0.458 bits per heavy atom. The Kier molecular flexibility index (Phi) is 31.8. The summed E-state index contributed by atoms with van der Waals surface area (Å²) in [6.07, 6.45) is -3.81. The smallest absolute Gasteiger partial charge is 0.326 e. The van der Waals surface area contributed by atoms with E-state index in [-0.39, 0.29) is 31.6 Å². The summed E-state index contributed by atoms with van der Waals surface area (Å²) in [6, 6.07) is -8.15. The molecular formula is C53H84N12O18. The van der Waals surface area contributed by atoms with Crippen molar-refractivity contribution in [3.05, 3.63) is 35.9 Å². The van der Waals surface area contributed by atoms with Crippen molar-refractivity contribution in [1.29, 1.82) is 0 Å². The minimum Gasteiger partial charge on any atom is -0.481 e. The first-order chi connectivity index (χ1) is 38.8. The van der Waals surface area contributed by atoms with Crippen LogP contribution in [0.1, 0.15) is 119 Å². The zero-order valence-electron chi connectivity index (χ0n) is 48.0. The first kappa shape index (κ1) is 72.7. The monoisotopic (exact) mass is 1180 g/mol. The molecule has 0 saturated heterocycles. The quantitative estimate of drug-likeness (QED) is 0.0301. The van der Waals surface area contributed by atoms with Crippen LogP contribution < -0.4 is 65.1 Å². The lowest BCUT2D eigenvalue weighted by atomic mass is 9.96. The lowest BCUT2D eigenvalue weighted by Gasteiger charge is -2.29. The third kappa shape index (κ3) is 26.5. The molecule has 30 nitrogen and oxygen atoms in total. The number of carboxylic acid groups (broad SMARTS) is 3. The molecule has 0 heterocycles. The third-order valence-electron chi connectivity index (χ3n) is 13.3. The number of nitrogens with two attached hydrogens (primary N) is 3. The molecule has 11 amide bonds. The summed E-state index contributed by atoms with van der Waals surface area (Å²) >= 11 is 0. The maximum Gasteiger partial charge on any atom is 0.326 e. The molecule has 0 bridgehead atoms. The van der Waals surface area contributed by atoms with Crippen LogP contribution in [-0.4, -0.2) is 170 Å². The summed E-state index contributed by atoms with van der Waals surface area (Å²) in [7, 11) is 0. The molecule has 464 valence electrons. The zero-order valence-corrected chi connectivity index (χ0v) is 48.0. The van der Waals surface area contributed by atoms with E-state index >= 15 is 0 Å². The number of carboxylic acids is 3. The van der Waals surface area contributed by atoms with E-state index in [1.165, 1.54) is 0 Å². The lowest BCUT2D eigenvalue weighted by Crippen LogP contribution is -2.62. The summed E-state index contributed by atoms with van der Waals surface area (Å²) in [5, 5.41) is 60.8. The average Bonchev–Trinajstić information content (AvgIpc) is 3.55. The highest BCUT2D eigenvalue weighted by molar-refractivity contribution is 6.00. The second-order valence-corrected chi connectivity index (χ2v) is 21.0. The number of carbonyl (C=O) groups excluding carboxylic acids is 11. The van der Waals surface area contributed by atoms with E-state index in [1.54, 1.807) is 85.7 Å². The van der Waals surface area contributed by atoms with Gasteiger partial charge in [-0.05, 0) is 48.5 Å². The van der Waals surface area contributed by atoms with Crippen molar-refractivity contribution in [2.75, 3.05) is 6.61 Å². The van der Waals surface area contributed by atoms with Crippen molar-refractivity contribution in [1.82, 2.24) is 47.9 Å². The molecule has 0 aliphatic heterocycles. The maximum absolute atomic E-state index is 14.3. The highest BCUT2D eigenvalue weighted by Gasteiger charge is 2.38. The van der Waals surface area contributed by atoms with Crippen LogP contribution in [-0.2, 0) is 73.5 Å². The van der Waals surface area contributed by atoms with E-state index in [2.05, 4.69) is 47.9 Å². The molecule has 0 saturated carbocycles. The molecule has 0 spiro atoms. The normalized spacial score (nSPS) is 15.5. The highest BCUT2D eigenvalue weighted by atomic mass is 16.4. The van der Waals surface area contributed by atoms with Crippen LogP contribution >= 0.6 is 0 Å².